The van der Waals surface area contributed by atoms with Crippen LogP contribution in [0.1, 0.15) is 24.8 Å². The van der Waals surface area contributed by atoms with E-state index < -0.39 is 11.9 Å². The van der Waals surface area contributed by atoms with Gasteiger partial charge in [-0.2, -0.15) is 0 Å². The zero-order valence-corrected chi connectivity index (χ0v) is 10.2. The first-order valence-corrected chi connectivity index (χ1v) is 6.18. The third-order valence-electron chi connectivity index (χ3n) is 3.41. The number of benzene rings is 1. The Morgan fingerprint density at radius 3 is 2.89 bits per heavy atom. The molecule has 2 rings (SSSR count). The van der Waals surface area contributed by atoms with E-state index in [0.717, 1.165) is 12.8 Å². The predicted molar refractivity (Wildman–Crippen MR) is 68.5 cm³/mol. The largest absolute Gasteiger partial charge is 0.368 e. The van der Waals surface area contributed by atoms with Crippen LogP contribution in [-0.2, 0) is 11.3 Å². The fourth-order valence-electron chi connectivity index (χ4n) is 2.54. The van der Waals surface area contributed by atoms with Crippen molar-refractivity contribution >= 4 is 11.6 Å². The number of rotatable bonds is 3. The fraction of sp³-hybridized carbons (Fsp3) is 0.462. The van der Waals surface area contributed by atoms with Crippen molar-refractivity contribution in [2.24, 2.45) is 11.5 Å². The zero-order chi connectivity index (χ0) is 13.1. The number of hydrogen-bond donors (Lipinski definition) is 2. The van der Waals surface area contributed by atoms with Crippen molar-refractivity contribution in [3.05, 3.63) is 29.6 Å². The minimum Gasteiger partial charge on any atom is -0.368 e. The van der Waals surface area contributed by atoms with Gasteiger partial charge < -0.3 is 16.4 Å². The molecule has 98 valence electrons. The Kier molecular flexibility index (Phi) is 3.81. The van der Waals surface area contributed by atoms with Crippen LogP contribution in [0.25, 0.3) is 0 Å². The molecule has 0 saturated carbocycles. The summed E-state index contributed by atoms with van der Waals surface area (Å²) in [6.07, 6.45) is 2.55. The van der Waals surface area contributed by atoms with Gasteiger partial charge in [-0.25, -0.2) is 4.39 Å². The molecule has 1 aromatic carbocycles. The van der Waals surface area contributed by atoms with Gasteiger partial charge in [-0.15, -0.1) is 0 Å². The predicted octanol–water partition coefficient (Wildman–Crippen LogP) is 1.13. The second-order valence-corrected chi connectivity index (χ2v) is 4.56. The molecule has 1 aliphatic rings. The maximum absolute atomic E-state index is 14.0. The van der Waals surface area contributed by atoms with Gasteiger partial charge in [0, 0.05) is 13.1 Å². The van der Waals surface area contributed by atoms with Gasteiger partial charge >= 0.3 is 0 Å². The van der Waals surface area contributed by atoms with Crippen LogP contribution in [0, 0.1) is 5.82 Å². The number of piperidine rings is 1. The molecule has 1 unspecified atom stereocenters. The monoisotopic (exact) mass is 251 g/mol. The number of nitrogens with two attached hydrogens (primary N) is 2. The van der Waals surface area contributed by atoms with E-state index in [-0.39, 0.29) is 12.4 Å². The van der Waals surface area contributed by atoms with Crippen LogP contribution in [0.3, 0.4) is 0 Å². The molecule has 1 amide bonds. The first-order valence-electron chi connectivity index (χ1n) is 6.18. The van der Waals surface area contributed by atoms with Crippen LogP contribution in [-0.4, -0.2) is 18.5 Å². The van der Waals surface area contributed by atoms with E-state index in [1.54, 1.807) is 17.0 Å². The Morgan fingerprint density at radius 1 is 1.44 bits per heavy atom. The topological polar surface area (TPSA) is 72.3 Å². The molecule has 18 heavy (non-hydrogen) atoms. The van der Waals surface area contributed by atoms with E-state index in [2.05, 4.69) is 0 Å². The van der Waals surface area contributed by atoms with Crippen LogP contribution in [0.5, 0.6) is 0 Å². The summed E-state index contributed by atoms with van der Waals surface area (Å²) in [5.41, 5.74) is 12.2. The highest BCUT2D eigenvalue weighted by Gasteiger charge is 2.29. The summed E-state index contributed by atoms with van der Waals surface area (Å²) >= 11 is 0. The standard InChI is InChI=1S/C13H18FN3O/c14-10-5-3-4-9(8-15)12(10)17-7-2-1-6-11(17)13(16)18/h3-5,11H,1-2,6-8,15H2,(H2,16,18). The minimum atomic E-state index is -0.430. The Bertz CT molecular complexity index is 450. The van der Waals surface area contributed by atoms with Gasteiger partial charge in [-0.3, -0.25) is 4.79 Å². The Morgan fingerprint density at radius 2 is 2.22 bits per heavy atom. The maximum Gasteiger partial charge on any atom is 0.240 e. The zero-order valence-electron chi connectivity index (χ0n) is 10.2. The van der Waals surface area contributed by atoms with Crippen molar-refractivity contribution < 1.29 is 9.18 Å². The Labute approximate surface area is 106 Å². The van der Waals surface area contributed by atoms with Gasteiger partial charge in [0.05, 0.1) is 5.69 Å². The van der Waals surface area contributed by atoms with Crippen molar-refractivity contribution in [2.45, 2.75) is 31.8 Å². The van der Waals surface area contributed by atoms with Gasteiger partial charge in [-0.05, 0) is 30.9 Å². The lowest BCUT2D eigenvalue weighted by Crippen LogP contribution is -2.48. The van der Waals surface area contributed by atoms with Crippen molar-refractivity contribution in [3.63, 3.8) is 0 Å². The van der Waals surface area contributed by atoms with E-state index in [0.29, 0.717) is 24.2 Å². The summed E-state index contributed by atoms with van der Waals surface area (Å²) in [4.78, 5) is 13.2. The number of hydrogen-bond acceptors (Lipinski definition) is 3. The molecule has 1 atom stereocenters. The van der Waals surface area contributed by atoms with Crippen LogP contribution in [0.2, 0.25) is 0 Å². The van der Waals surface area contributed by atoms with Crippen LogP contribution < -0.4 is 16.4 Å². The van der Waals surface area contributed by atoms with Crippen molar-refractivity contribution in [3.8, 4) is 0 Å². The number of primary amides is 1. The highest BCUT2D eigenvalue weighted by molar-refractivity contribution is 5.84. The highest BCUT2D eigenvalue weighted by Crippen LogP contribution is 2.30. The summed E-state index contributed by atoms with van der Waals surface area (Å²) in [5.74, 6) is -0.743. The smallest absolute Gasteiger partial charge is 0.240 e. The average Bonchev–Trinajstić information content (AvgIpc) is 2.38. The first-order chi connectivity index (χ1) is 8.65. The SMILES string of the molecule is NCc1cccc(F)c1N1CCCCC1C(N)=O. The van der Waals surface area contributed by atoms with Crippen LogP contribution in [0.15, 0.2) is 18.2 Å². The lowest BCUT2D eigenvalue weighted by atomic mass is 9.99. The summed E-state index contributed by atoms with van der Waals surface area (Å²) in [6, 6.07) is 4.37. The molecular weight excluding hydrogens is 233 g/mol. The molecule has 4 nitrogen and oxygen atoms in total. The molecule has 1 aromatic rings. The number of nitrogens with zero attached hydrogens (tertiary/aromatic N) is 1. The molecule has 1 fully saturated rings. The second kappa shape index (κ2) is 5.35. The number of carbonyl (C=O) groups is 1. The molecule has 0 spiro atoms. The average molecular weight is 251 g/mol. The number of anilines is 1. The molecule has 4 N–H and O–H groups in total. The fourth-order valence-corrected chi connectivity index (χ4v) is 2.54. The van der Waals surface area contributed by atoms with Gasteiger partial charge in [-0.1, -0.05) is 12.1 Å². The van der Waals surface area contributed by atoms with Gasteiger partial charge in [0.25, 0.3) is 0 Å². The highest BCUT2D eigenvalue weighted by atomic mass is 19.1. The molecule has 1 heterocycles. The molecule has 0 bridgehead atoms. The van der Waals surface area contributed by atoms with Gasteiger partial charge in [0.2, 0.25) is 5.91 Å². The third-order valence-corrected chi connectivity index (χ3v) is 3.41. The molecule has 1 saturated heterocycles. The van der Waals surface area contributed by atoms with E-state index in [1.807, 2.05) is 0 Å². The molecular formula is C13H18FN3O. The number of carbonyl (C=O) groups excluding carboxylic acids is 1. The van der Waals surface area contributed by atoms with Crippen molar-refractivity contribution in [1.82, 2.24) is 0 Å². The maximum atomic E-state index is 14.0. The van der Waals surface area contributed by atoms with E-state index in [1.165, 1.54) is 6.07 Å². The summed E-state index contributed by atoms with van der Waals surface area (Å²) in [7, 11) is 0. The van der Waals surface area contributed by atoms with Crippen molar-refractivity contribution in [1.29, 1.82) is 0 Å². The minimum absolute atomic E-state index is 0.245. The quantitative estimate of drug-likeness (QED) is 0.845. The summed E-state index contributed by atoms with van der Waals surface area (Å²) < 4.78 is 14.0. The van der Waals surface area contributed by atoms with Crippen LogP contribution in [0.4, 0.5) is 10.1 Å². The second-order valence-electron chi connectivity index (χ2n) is 4.56. The van der Waals surface area contributed by atoms with E-state index in [4.69, 9.17) is 11.5 Å². The first kappa shape index (κ1) is 12.8. The third kappa shape index (κ3) is 2.31. The molecule has 5 heteroatoms. The molecule has 0 aromatic heterocycles. The van der Waals surface area contributed by atoms with Gasteiger partial charge in [0.1, 0.15) is 11.9 Å². The lowest BCUT2D eigenvalue weighted by molar-refractivity contribution is -0.119. The summed E-state index contributed by atoms with van der Waals surface area (Å²) in [6.45, 7) is 0.886. The Hall–Kier alpha value is -1.62. The van der Waals surface area contributed by atoms with E-state index in [9.17, 15) is 9.18 Å². The summed E-state index contributed by atoms with van der Waals surface area (Å²) in [5, 5.41) is 0. The molecule has 0 aliphatic carbocycles. The molecule has 1 aliphatic heterocycles. The number of para-hydroxylation sites is 1. The normalized spacial score (nSPS) is 19.9. The Balaban J connectivity index is 2.42. The van der Waals surface area contributed by atoms with Gasteiger partial charge in [0.15, 0.2) is 0 Å². The van der Waals surface area contributed by atoms with E-state index >= 15 is 0 Å². The number of halogens is 1. The lowest BCUT2D eigenvalue weighted by Gasteiger charge is -2.36. The van der Waals surface area contributed by atoms with Crippen molar-refractivity contribution in [2.75, 3.05) is 11.4 Å². The van der Waals surface area contributed by atoms with Crippen LogP contribution >= 0.6 is 0 Å². The molecule has 0 radical (unpaired) electrons. The number of amides is 1.